The predicted molar refractivity (Wildman–Crippen MR) is 100 cm³/mol. The summed E-state index contributed by atoms with van der Waals surface area (Å²) < 4.78 is 13.7. The molecule has 0 saturated carbocycles. The topological polar surface area (TPSA) is 64.4 Å². The molecule has 0 atom stereocenters. The molecule has 0 unspecified atom stereocenters. The van der Waals surface area contributed by atoms with Crippen molar-refractivity contribution in [3.63, 3.8) is 0 Å². The smallest absolute Gasteiger partial charge is 0.254 e. The van der Waals surface area contributed by atoms with Crippen LogP contribution in [-0.4, -0.2) is 42.8 Å². The molecule has 0 radical (unpaired) electrons. The summed E-state index contributed by atoms with van der Waals surface area (Å²) in [6, 6.07) is 11.6. The van der Waals surface area contributed by atoms with Gasteiger partial charge in [0, 0.05) is 43.0 Å². The number of Topliss-reactive ketones (excluding diaryl/α,β-unsaturated/α-hetero) is 1. The monoisotopic (exact) mass is 365 g/mol. The Morgan fingerprint density at radius 2 is 1.78 bits per heavy atom. The summed E-state index contributed by atoms with van der Waals surface area (Å²) in [5.41, 5.74) is 2.61. The minimum absolute atomic E-state index is 0.0665. The Bertz CT molecular complexity index is 941. The van der Waals surface area contributed by atoms with Gasteiger partial charge in [-0.3, -0.25) is 9.59 Å². The summed E-state index contributed by atoms with van der Waals surface area (Å²) in [6.07, 6.45) is 0. The second-order valence-electron chi connectivity index (χ2n) is 6.64. The van der Waals surface area contributed by atoms with Gasteiger partial charge in [0.15, 0.2) is 5.78 Å². The number of hydrogen-bond acceptors (Lipinski definition) is 4. The lowest BCUT2D eigenvalue weighted by Gasteiger charge is -2.37. The third kappa shape index (κ3) is 3.82. The summed E-state index contributed by atoms with van der Waals surface area (Å²) in [6.45, 7) is 5.15. The molecular formula is C21H20FN3O2. The van der Waals surface area contributed by atoms with Crippen molar-refractivity contribution >= 4 is 17.4 Å². The number of nitrogens with zero attached hydrogens (tertiary/aromatic N) is 3. The quantitative estimate of drug-likeness (QED) is 0.784. The van der Waals surface area contributed by atoms with Crippen LogP contribution in [0.5, 0.6) is 0 Å². The number of aryl methyl sites for hydroxylation is 1. The van der Waals surface area contributed by atoms with Gasteiger partial charge in [0.1, 0.15) is 5.82 Å². The molecule has 1 aliphatic rings. The van der Waals surface area contributed by atoms with Crippen molar-refractivity contribution in [1.29, 1.82) is 5.26 Å². The normalized spacial score (nSPS) is 14.0. The van der Waals surface area contributed by atoms with Gasteiger partial charge in [-0.05, 0) is 49.7 Å². The maximum absolute atomic E-state index is 13.7. The Labute approximate surface area is 157 Å². The Morgan fingerprint density at radius 3 is 2.37 bits per heavy atom. The van der Waals surface area contributed by atoms with E-state index in [0.29, 0.717) is 48.4 Å². The first-order valence-electron chi connectivity index (χ1n) is 8.76. The second kappa shape index (κ2) is 7.58. The molecule has 1 saturated heterocycles. The van der Waals surface area contributed by atoms with E-state index in [1.807, 2.05) is 4.90 Å². The van der Waals surface area contributed by atoms with Gasteiger partial charge in [-0.2, -0.15) is 5.26 Å². The van der Waals surface area contributed by atoms with E-state index < -0.39 is 0 Å². The lowest BCUT2D eigenvalue weighted by atomic mass is 10.0. The van der Waals surface area contributed by atoms with Gasteiger partial charge in [-0.1, -0.05) is 6.07 Å². The molecule has 6 heteroatoms. The minimum Gasteiger partial charge on any atom is -0.367 e. The van der Waals surface area contributed by atoms with Crippen molar-refractivity contribution in [3.05, 3.63) is 64.5 Å². The van der Waals surface area contributed by atoms with Crippen molar-refractivity contribution in [3.8, 4) is 6.07 Å². The lowest BCUT2D eigenvalue weighted by molar-refractivity contribution is 0.0745. The first kappa shape index (κ1) is 18.6. The number of rotatable bonds is 3. The fourth-order valence-corrected chi connectivity index (χ4v) is 3.22. The number of carbonyl (C=O) groups is 2. The van der Waals surface area contributed by atoms with Gasteiger partial charge in [-0.25, -0.2) is 4.39 Å². The van der Waals surface area contributed by atoms with Gasteiger partial charge < -0.3 is 9.80 Å². The number of hydrogen-bond donors (Lipinski definition) is 0. The SMILES string of the molecule is CC(=O)c1ccc(C#N)cc1N1CCN(C(=O)c2ccc(C)c(F)c2)CC1. The third-order valence-electron chi connectivity index (χ3n) is 4.83. The van der Waals surface area contributed by atoms with Crippen LogP contribution >= 0.6 is 0 Å². The molecule has 0 bridgehead atoms. The highest BCUT2D eigenvalue weighted by Gasteiger charge is 2.24. The van der Waals surface area contributed by atoms with Gasteiger partial charge in [0.05, 0.1) is 11.6 Å². The fraction of sp³-hybridized carbons (Fsp3) is 0.286. The van der Waals surface area contributed by atoms with E-state index >= 15 is 0 Å². The van der Waals surface area contributed by atoms with E-state index in [4.69, 9.17) is 5.26 Å². The average molecular weight is 365 g/mol. The Balaban J connectivity index is 1.76. The molecule has 0 aliphatic carbocycles. The van der Waals surface area contributed by atoms with Crippen LogP contribution in [0.4, 0.5) is 10.1 Å². The number of carbonyl (C=O) groups excluding carboxylic acids is 2. The molecule has 1 fully saturated rings. The van der Waals surface area contributed by atoms with Crippen LogP contribution in [0.25, 0.3) is 0 Å². The summed E-state index contributed by atoms with van der Waals surface area (Å²) in [4.78, 5) is 28.2. The van der Waals surface area contributed by atoms with Gasteiger partial charge in [-0.15, -0.1) is 0 Å². The molecule has 1 aliphatic heterocycles. The Morgan fingerprint density at radius 1 is 1.07 bits per heavy atom. The summed E-state index contributed by atoms with van der Waals surface area (Å²) in [7, 11) is 0. The highest BCUT2D eigenvalue weighted by molar-refractivity contribution is 6.00. The Kier molecular flexibility index (Phi) is 5.22. The first-order chi connectivity index (χ1) is 12.9. The maximum atomic E-state index is 13.7. The number of benzene rings is 2. The van der Waals surface area contributed by atoms with Crippen molar-refractivity contribution in [2.75, 3.05) is 31.1 Å². The molecule has 0 spiro atoms. The highest BCUT2D eigenvalue weighted by atomic mass is 19.1. The van der Waals surface area contributed by atoms with E-state index in [9.17, 15) is 14.0 Å². The van der Waals surface area contributed by atoms with E-state index in [1.165, 1.54) is 13.0 Å². The first-order valence-corrected chi connectivity index (χ1v) is 8.76. The molecule has 0 N–H and O–H groups in total. The summed E-state index contributed by atoms with van der Waals surface area (Å²) >= 11 is 0. The molecule has 1 amide bonds. The number of piperazine rings is 1. The molecule has 138 valence electrons. The van der Waals surface area contributed by atoms with Gasteiger partial charge in [0.25, 0.3) is 5.91 Å². The minimum atomic E-state index is -0.390. The molecule has 5 nitrogen and oxygen atoms in total. The van der Waals surface area contributed by atoms with E-state index in [1.54, 1.807) is 42.2 Å². The van der Waals surface area contributed by atoms with Crippen LogP contribution in [0.1, 0.15) is 38.8 Å². The standard InChI is InChI=1S/C21H20FN3O2/c1-14-3-5-17(12-19(14)22)21(27)25-9-7-24(8-10-25)20-11-16(13-23)4-6-18(20)15(2)26/h3-6,11-12H,7-10H2,1-2H3. The van der Waals surface area contributed by atoms with Crippen LogP contribution in [0.3, 0.4) is 0 Å². The van der Waals surface area contributed by atoms with Crippen molar-refractivity contribution in [2.45, 2.75) is 13.8 Å². The number of ketones is 1. The van der Waals surface area contributed by atoms with Crippen LogP contribution in [-0.2, 0) is 0 Å². The molecule has 3 rings (SSSR count). The summed E-state index contributed by atoms with van der Waals surface area (Å²) in [5.74, 6) is -0.659. The number of anilines is 1. The average Bonchev–Trinajstić information content (AvgIpc) is 2.69. The van der Waals surface area contributed by atoms with Crippen LogP contribution in [0.2, 0.25) is 0 Å². The highest BCUT2D eigenvalue weighted by Crippen LogP contribution is 2.25. The number of amides is 1. The van der Waals surface area contributed by atoms with E-state index in [0.717, 1.165) is 5.69 Å². The Hall–Kier alpha value is -3.20. The zero-order chi connectivity index (χ0) is 19.6. The van der Waals surface area contributed by atoms with Crippen LogP contribution in [0, 0.1) is 24.1 Å². The molecule has 2 aromatic carbocycles. The number of halogens is 1. The lowest BCUT2D eigenvalue weighted by Crippen LogP contribution is -2.49. The van der Waals surface area contributed by atoms with Crippen LogP contribution in [0.15, 0.2) is 36.4 Å². The fourth-order valence-electron chi connectivity index (χ4n) is 3.22. The molecule has 27 heavy (non-hydrogen) atoms. The molecule has 1 heterocycles. The van der Waals surface area contributed by atoms with Gasteiger partial charge >= 0.3 is 0 Å². The van der Waals surface area contributed by atoms with Crippen molar-refractivity contribution in [1.82, 2.24) is 4.90 Å². The third-order valence-corrected chi connectivity index (χ3v) is 4.83. The van der Waals surface area contributed by atoms with E-state index in [2.05, 4.69) is 6.07 Å². The van der Waals surface area contributed by atoms with E-state index in [-0.39, 0.29) is 17.5 Å². The molecular weight excluding hydrogens is 345 g/mol. The molecule has 0 aromatic heterocycles. The maximum Gasteiger partial charge on any atom is 0.254 e. The second-order valence-corrected chi connectivity index (χ2v) is 6.64. The van der Waals surface area contributed by atoms with Crippen molar-refractivity contribution < 1.29 is 14.0 Å². The predicted octanol–water partition coefficient (Wildman–Crippen LogP) is 3.17. The van der Waals surface area contributed by atoms with Gasteiger partial charge in [0.2, 0.25) is 0 Å². The zero-order valence-corrected chi connectivity index (χ0v) is 15.3. The van der Waals surface area contributed by atoms with Crippen molar-refractivity contribution in [2.24, 2.45) is 0 Å². The summed E-state index contributed by atoms with van der Waals surface area (Å²) in [5, 5.41) is 9.14. The largest absolute Gasteiger partial charge is 0.367 e. The van der Waals surface area contributed by atoms with Crippen LogP contribution < -0.4 is 4.90 Å². The molecule has 2 aromatic rings. The number of nitriles is 1. The zero-order valence-electron chi connectivity index (χ0n) is 15.3.